The van der Waals surface area contributed by atoms with Crippen LogP contribution in [-0.4, -0.2) is 7.05 Å². The number of hydrogen-bond donors (Lipinski definition) is 1. The van der Waals surface area contributed by atoms with E-state index in [1.165, 1.54) is 9.75 Å². The third-order valence-corrected chi connectivity index (χ3v) is 5.01. The highest BCUT2D eigenvalue weighted by Crippen LogP contribution is 2.33. The number of aryl methyl sites for hydroxylation is 1. The molecule has 0 aliphatic carbocycles. The van der Waals surface area contributed by atoms with Gasteiger partial charge < -0.3 is 5.32 Å². The van der Waals surface area contributed by atoms with E-state index in [1.807, 2.05) is 30.5 Å². The van der Waals surface area contributed by atoms with Gasteiger partial charge in [0.2, 0.25) is 0 Å². The van der Waals surface area contributed by atoms with Crippen LogP contribution < -0.4 is 5.32 Å². The van der Waals surface area contributed by atoms with Crippen molar-refractivity contribution in [3.8, 4) is 0 Å². The van der Waals surface area contributed by atoms with Crippen LogP contribution in [0.2, 0.25) is 5.02 Å². The van der Waals surface area contributed by atoms with E-state index < -0.39 is 0 Å². The fraction of sp³-hybridized carbons (Fsp3) is 0.286. The summed E-state index contributed by atoms with van der Waals surface area (Å²) in [5, 5.41) is 4.14. The molecule has 0 bridgehead atoms. The zero-order chi connectivity index (χ0) is 13.1. The zero-order valence-corrected chi connectivity index (χ0v) is 13.5. The van der Waals surface area contributed by atoms with Gasteiger partial charge in [0, 0.05) is 19.2 Å². The molecular formula is C14H15BrClNS. The minimum atomic E-state index is 0.153. The van der Waals surface area contributed by atoms with E-state index in [0.29, 0.717) is 0 Å². The summed E-state index contributed by atoms with van der Waals surface area (Å²) in [5.41, 5.74) is 1.11. The van der Waals surface area contributed by atoms with Gasteiger partial charge in [-0.1, -0.05) is 34.5 Å². The maximum absolute atomic E-state index is 6.30. The van der Waals surface area contributed by atoms with Crippen LogP contribution in [0.25, 0.3) is 0 Å². The van der Waals surface area contributed by atoms with Crippen molar-refractivity contribution < 1.29 is 0 Å². The van der Waals surface area contributed by atoms with E-state index >= 15 is 0 Å². The Bertz CT molecular complexity index is 538. The third kappa shape index (κ3) is 2.97. The topological polar surface area (TPSA) is 12.0 Å². The second kappa shape index (κ2) is 6.20. The Morgan fingerprint density at radius 1 is 1.33 bits per heavy atom. The molecule has 1 N–H and O–H groups in total. The molecule has 96 valence electrons. The standard InChI is InChI=1S/C14H15BrClNS/c1-3-10-5-7-13(18-10)14(17-2)11-8-9(15)4-6-12(11)16/h4-8,14,17H,3H2,1-2H3. The molecule has 1 heterocycles. The quantitative estimate of drug-likeness (QED) is 0.819. The van der Waals surface area contributed by atoms with Crippen LogP contribution in [0.3, 0.4) is 0 Å². The molecule has 1 unspecified atom stereocenters. The Balaban J connectivity index is 2.41. The molecule has 0 radical (unpaired) electrons. The third-order valence-electron chi connectivity index (χ3n) is 2.87. The summed E-state index contributed by atoms with van der Waals surface area (Å²) in [6.45, 7) is 2.18. The van der Waals surface area contributed by atoms with Crippen LogP contribution in [0.15, 0.2) is 34.8 Å². The number of benzene rings is 1. The molecule has 2 rings (SSSR count). The van der Waals surface area contributed by atoms with Crippen molar-refractivity contribution in [2.24, 2.45) is 0 Å². The molecule has 0 saturated carbocycles. The lowest BCUT2D eigenvalue weighted by Crippen LogP contribution is -2.16. The lowest BCUT2D eigenvalue weighted by Gasteiger charge is -2.17. The lowest BCUT2D eigenvalue weighted by atomic mass is 10.1. The first-order chi connectivity index (χ1) is 8.65. The highest BCUT2D eigenvalue weighted by Gasteiger charge is 2.17. The normalized spacial score (nSPS) is 12.7. The van der Waals surface area contributed by atoms with Crippen molar-refractivity contribution in [3.05, 3.63) is 55.1 Å². The van der Waals surface area contributed by atoms with Crippen LogP contribution in [0, 0.1) is 0 Å². The second-order valence-corrected chi connectivity index (χ2v) is 6.57. The van der Waals surface area contributed by atoms with Gasteiger partial charge in [-0.2, -0.15) is 0 Å². The number of thiophene rings is 1. The Kier molecular flexibility index (Phi) is 4.84. The number of nitrogens with one attached hydrogen (secondary N) is 1. The largest absolute Gasteiger partial charge is 0.309 e. The molecule has 0 amide bonds. The van der Waals surface area contributed by atoms with Crippen LogP contribution in [0.5, 0.6) is 0 Å². The molecule has 1 atom stereocenters. The minimum Gasteiger partial charge on any atom is -0.309 e. The Hall–Kier alpha value is -0.350. The first kappa shape index (κ1) is 14.1. The van der Waals surface area contributed by atoms with Gasteiger partial charge in [-0.3, -0.25) is 0 Å². The molecule has 0 aliphatic heterocycles. The smallest absolute Gasteiger partial charge is 0.0683 e. The molecular weight excluding hydrogens is 330 g/mol. The molecule has 18 heavy (non-hydrogen) atoms. The summed E-state index contributed by atoms with van der Waals surface area (Å²) in [6, 6.07) is 10.5. The van der Waals surface area contributed by atoms with E-state index in [1.54, 1.807) is 0 Å². The van der Waals surface area contributed by atoms with E-state index in [4.69, 9.17) is 11.6 Å². The van der Waals surface area contributed by atoms with Crippen molar-refractivity contribution in [1.82, 2.24) is 5.32 Å². The van der Waals surface area contributed by atoms with Gasteiger partial charge in [-0.15, -0.1) is 11.3 Å². The molecule has 4 heteroatoms. The molecule has 0 aliphatic rings. The van der Waals surface area contributed by atoms with Gasteiger partial charge in [0.1, 0.15) is 0 Å². The van der Waals surface area contributed by atoms with E-state index in [0.717, 1.165) is 21.5 Å². The first-order valence-electron chi connectivity index (χ1n) is 5.86. The Labute approximate surface area is 125 Å². The Morgan fingerprint density at radius 3 is 2.72 bits per heavy atom. The summed E-state index contributed by atoms with van der Waals surface area (Å²) >= 11 is 11.6. The first-order valence-corrected chi connectivity index (χ1v) is 7.85. The molecule has 0 fully saturated rings. The van der Waals surface area contributed by atoms with Gasteiger partial charge in [-0.05, 0) is 49.4 Å². The average molecular weight is 345 g/mol. The van der Waals surface area contributed by atoms with Gasteiger partial charge >= 0.3 is 0 Å². The summed E-state index contributed by atoms with van der Waals surface area (Å²) in [5.74, 6) is 0. The van der Waals surface area contributed by atoms with E-state index in [-0.39, 0.29) is 6.04 Å². The predicted octanol–water partition coefficient (Wildman–Crippen LogP) is 5.04. The molecule has 0 spiro atoms. The maximum atomic E-state index is 6.30. The fourth-order valence-electron chi connectivity index (χ4n) is 1.93. The zero-order valence-electron chi connectivity index (χ0n) is 10.3. The number of hydrogen-bond acceptors (Lipinski definition) is 2. The lowest BCUT2D eigenvalue weighted by molar-refractivity contribution is 0.704. The minimum absolute atomic E-state index is 0.153. The molecule has 0 saturated heterocycles. The van der Waals surface area contributed by atoms with Crippen molar-refractivity contribution in [2.45, 2.75) is 19.4 Å². The van der Waals surface area contributed by atoms with Gasteiger partial charge in [0.15, 0.2) is 0 Å². The number of rotatable bonds is 4. The van der Waals surface area contributed by atoms with Crippen LogP contribution in [0.1, 0.15) is 28.3 Å². The average Bonchev–Trinajstić information content (AvgIpc) is 2.83. The van der Waals surface area contributed by atoms with Crippen molar-refractivity contribution in [1.29, 1.82) is 0 Å². The predicted molar refractivity (Wildman–Crippen MR) is 83.8 cm³/mol. The highest BCUT2D eigenvalue weighted by atomic mass is 79.9. The summed E-state index contributed by atoms with van der Waals surface area (Å²) < 4.78 is 1.05. The second-order valence-electron chi connectivity index (χ2n) is 4.05. The van der Waals surface area contributed by atoms with E-state index in [9.17, 15) is 0 Å². The van der Waals surface area contributed by atoms with Crippen molar-refractivity contribution in [2.75, 3.05) is 7.05 Å². The van der Waals surface area contributed by atoms with Crippen LogP contribution in [-0.2, 0) is 6.42 Å². The molecule has 1 aromatic heterocycles. The summed E-state index contributed by atoms with van der Waals surface area (Å²) in [6.07, 6.45) is 1.08. The fourth-order valence-corrected chi connectivity index (χ4v) is 3.61. The van der Waals surface area contributed by atoms with Crippen molar-refractivity contribution >= 4 is 38.9 Å². The van der Waals surface area contributed by atoms with Gasteiger partial charge in [0.25, 0.3) is 0 Å². The van der Waals surface area contributed by atoms with E-state index in [2.05, 4.69) is 46.4 Å². The Morgan fingerprint density at radius 2 is 2.11 bits per heavy atom. The molecule has 2 aromatic rings. The summed E-state index contributed by atoms with van der Waals surface area (Å²) in [7, 11) is 1.97. The maximum Gasteiger partial charge on any atom is 0.0683 e. The number of halogens is 2. The molecule has 1 nitrogen and oxygen atoms in total. The summed E-state index contributed by atoms with van der Waals surface area (Å²) in [4.78, 5) is 2.70. The van der Waals surface area contributed by atoms with Crippen LogP contribution >= 0.6 is 38.9 Å². The van der Waals surface area contributed by atoms with Crippen LogP contribution in [0.4, 0.5) is 0 Å². The molecule has 1 aromatic carbocycles. The SMILES string of the molecule is CCc1ccc(C(NC)c2cc(Br)ccc2Cl)s1. The van der Waals surface area contributed by atoms with Gasteiger partial charge in [-0.25, -0.2) is 0 Å². The highest BCUT2D eigenvalue weighted by molar-refractivity contribution is 9.10. The van der Waals surface area contributed by atoms with Gasteiger partial charge in [0.05, 0.1) is 6.04 Å². The van der Waals surface area contributed by atoms with Crippen molar-refractivity contribution in [3.63, 3.8) is 0 Å². The monoisotopic (exact) mass is 343 g/mol.